The number of hydrogen-bond acceptors (Lipinski definition) is 3. The lowest BCUT2D eigenvalue weighted by molar-refractivity contribution is 0.237. The Morgan fingerprint density at radius 3 is 3.18 bits per heavy atom. The topological polar surface area (TPSA) is 66.9 Å². The number of amides is 2. The first-order valence-corrected chi connectivity index (χ1v) is 5.82. The van der Waals surface area contributed by atoms with Crippen LogP contribution < -0.4 is 10.6 Å². The van der Waals surface area contributed by atoms with E-state index in [4.69, 9.17) is 0 Å². The lowest BCUT2D eigenvalue weighted by atomic mass is 10.0. The molecule has 1 heterocycles. The maximum atomic E-state index is 11.6. The zero-order chi connectivity index (χ0) is 11.9. The van der Waals surface area contributed by atoms with Crippen molar-refractivity contribution in [3.8, 4) is 0 Å². The standard InChI is InChI=1S/C12H16N4O/c17-12(15-10-5-2-1-3-6-10)13-9-11-7-4-8-14-16-11/h2,4-5,7-8,10H,1,3,6,9H2,(H2,13,15,17). The van der Waals surface area contributed by atoms with Gasteiger partial charge < -0.3 is 10.6 Å². The molecule has 0 radical (unpaired) electrons. The van der Waals surface area contributed by atoms with Crippen LogP contribution in [0.4, 0.5) is 4.79 Å². The van der Waals surface area contributed by atoms with E-state index in [9.17, 15) is 4.79 Å². The summed E-state index contributed by atoms with van der Waals surface area (Å²) in [6.45, 7) is 0.399. The van der Waals surface area contributed by atoms with Crippen LogP contribution in [0.5, 0.6) is 0 Å². The lowest BCUT2D eigenvalue weighted by Gasteiger charge is -2.18. The van der Waals surface area contributed by atoms with Crippen molar-refractivity contribution < 1.29 is 4.79 Å². The predicted octanol–water partition coefficient (Wildman–Crippen LogP) is 1.38. The SMILES string of the molecule is O=C(NCc1cccnn1)NC1C=CCCC1. The Morgan fingerprint density at radius 1 is 1.53 bits per heavy atom. The summed E-state index contributed by atoms with van der Waals surface area (Å²) in [5.41, 5.74) is 0.752. The molecule has 0 saturated carbocycles. The molecule has 1 aliphatic carbocycles. The minimum absolute atomic E-state index is 0.158. The molecule has 2 rings (SSSR count). The van der Waals surface area contributed by atoms with E-state index >= 15 is 0 Å². The third-order valence-corrected chi connectivity index (χ3v) is 2.63. The average Bonchev–Trinajstić information content (AvgIpc) is 2.39. The Morgan fingerprint density at radius 2 is 2.47 bits per heavy atom. The number of hydrogen-bond donors (Lipinski definition) is 2. The summed E-state index contributed by atoms with van der Waals surface area (Å²) in [6.07, 6.45) is 9.01. The van der Waals surface area contributed by atoms with Gasteiger partial charge in [0.2, 0.25) is 0 Å². The molecule has 90 valence electrons. The summed E-state index contributed by atoms with van der Waals surface area (Å²) in [6, 6.07) is 3.62. The number of allylic oxidation sites excluding steroid dienone is 1. The normalized spacial score (nSPS) is 18.7. The van der Waals surface area contributed by atoms with Crippen molar-refractivity contribution >= 4 is 6.03 Å². The van der Waals surface area contributed by atoms with Crippen LogP contribution in [0.15, 0.2) is 30.5 Å². The van der Waals surface area contributed by atoms with Crippen LogP contribution in [-0.2, 0) is 6.54 Å². The highest BCUT2D eigenvalue weighted by Crippen LogP contribution is 2.09. The Labute approximate surface area is 100 Å². The Kier molecular flexibility index (Phi) is 4.07. The van der Waals surface area contributed by atoms with E-state index in [-0.39, 0.29) is 12.1 Å². The molecule has 5 heteroatoms. The molecule has 1 atom stereocenters. The Balaban J connectivity index is 1.74. The highest BCUT2D eigenvalue weighted by atomic mass is 16.2. The van der Waals surface area contributed by atoms with Crippen LogP contribution in [0, 0.1) is 0 Å². The van der Waals surface area contributed by atoms with Crippen LogP contribution >= 0.6 is 0 Å². The van der Waals surface area contributed by atoms with Gasteiger partial charge in [0.1, 0.15) is 0 Å². The Hall–Kier alpha value is -1.91. The summed E-state index contributed by atoms with van der Waals surface area (Å²) in [4.78, 5) is 11.6. The predicted molar refractivity (Wildman–Crippen MR) is 64.2 cm³/mol. The zero-order valence-electron chi connectivity index (χ0n) is 9.60. The fraction of sp³-hybridized carbons (Fsp3) is 0.417. The van der Waals surface area contributed by atoms with Crippen LogP contribution in [0.25, 0.3) is 0 Å². The molecule has 0 bridgehead atoms. The molecular weight excluding hydrogens is 216 g/mol. The van der Waals surface area contributed by atoms with Gasteiger partial charge in [0.15, 0.2) is 0 Å². The van der Waals surface area contributed by atoms with Gasteiger partial charge >= 0.3 is 6.03 Å². The number of carbonyl (C=O) groups excluding carboxylic acids is 1. The molecule has 0 spiro atoms. The highest BCUT2D eigenvalue weighted by Gasteiger charge is 2.10. The van der Waals surface area contributed by atoms with E-state index in [0.29, 0.717) is 6.54 Å². The maximum Gasteiger partial charge on any atom is 0.315 e. The van der Waals surface area contributed by atoms with E-state index in [1.165, 1.54) is 0 Å². The van der Waals surface area contributed by atoms with Crippen molar-refractivity contribution in [2.75, 3.05) is 0 Å². The maximum absolute atomic E-state index is 11.6. The largest absolute Gasteiger partial charge is 0.332 e. The molecule has 0 fully saturated rings. The van der Waals surface area contributed by atoms with E-state index < -0.39 is 0 Å². The van der Waals surface area contributed by atoms with Crippen molar-refractivity contribution in [3.05, 3.63) is 36.2 Å². The summed E-state index contributed by atoms with van der Waals surface area (Å²) in [7, 11) is 0. The second-order valence-electron chi connectivity index (χ2n) is 4.01. The van der Waals surface area contributed by atoms with Crippen LogP contribution in [-0.4, -0.2) is 22.3 Å². The highest BCUT2D eigenvalue weighted by molar-refractivity contribution is 5.74. The Bertz CT molecular complexity index is 391. The minimum Gasteiger partial charge on any atom is -0.332 e. The molecule has 0 saturated heterocycles. The van der Waals surface area contributed by atoms with Crippen molar-refractivity contribution in [1.29, 1.82) is 0 Å². The molecule has 0 aromatic carbocycles. The van der Waals surface area contributed by atoms with Gasteiger partial charge in [-0.3, -0.25) is 0 Å². The molecule has 1 aromatic heterocycles. The average molecular weight is 232 g/mol. The molecule has 0 aliphatic heterocycles. The van der Waals surface area contributed by atoms with Gasteiger partial charge in [-0.05, 0) is 31.4 Å². The second kappa shape index (κ2) is 5.98. The minimum atomic E-state index is -0.160. The first kappa shape index (κ1) is 11.6. The smallest absolute Gasteiger partial charge is 0.315 e. The summed E-state index contributed by atoms with van der Waals surface area (Å²) >= 11 is 0. The van der Waals surface area contributed by atoms with Crippen molar-refractivity contribution in [2.45, 2.75) is 31.8 Å². The number of carbonyl (C=O) groups is 1. The van der Waals surface area contributed by atoms with Gasteiger partial charge in [-0.1, -0.05) is 12.2 Å². The quantitative estimate of drug-likeness (QED) is 0.774. The molecular formula is C12H16N4O. The van der Waals surface area contributed by atoms with Gasteiger partial charge in [-0.15, -0.1) is 0 Å². The van der Waals surface area contributed by atoms with Crippen LogP contribution in [0.2, 0.25) is 0 Å². The van der Waals surface area contributed by atoms with Gasteiger partial charge in [0.25, 0.3) is 0 Å². The molecule has 2 N–H and O–H groups in total. The summed E-state index contributed by atoms with van der Waals surface area (Å²) in [5, 5.41) is 13.3. The summed E-state index contributed by atoms with van der Waals surface area (Å²) in [5.74, 6) is 0. The van der Waals surface area contributed by atoms with Gasteiger partial charge in [0, 0.05) is 12.2 Å². The molecule has 1 aliphatic rings. The van der Waals surface area contributed by atoms with E-state index in [1.54, 1.807) is 12.3 Å². The van der Waals surface area contributed by atoms with Crippen LogP contribution in [0.1, 0.15) is 25.0 Å². The molecule has 5 nitrogen and oxygen atoms in total. The molecule has 1 aromatic rings. The number of rotatable bonds is 3. The first-order chi connectivity index (χ1) is 8.34. The van der Waals surface area contributed by atoms with Gasteiger partial charge in [0.05, 0.1) is 12.2 Å². The van der Waals surface area contributed by atoms with Crippen molar-refractivity contribution in [3.63, 3.8) is 0 Å². The number of urea groups is 1. The van der Waals surface area contributed by atoms with E-state index in [1.807, 2.05) is 12.1 Å². The van der Waals surface area contributed by atoms with Gasteiger partial charge in [-0.2, -0.15) is 10.2 Å². The zero-order valence-corrected chi connectivity index (χ0v) is 9.60. The third-order valence-electron chi connectivity index (χ3n) is 2.63. The van der Waals surface area contributed by atoms with Crippen LogP contribution in [0.3, 0.4) is 0 Å². The number of nitrogens with zero attached hydrogens (tertiary/aromatic N) is 2. The lowest BCUT2D eigenvalue weighted by Crippen LogP contribution is -2.41. The first-order valence-electron chi connectivity index (χ1n) is 5.82. The molecule has 1 unspecified atom stereocenters. The second-order valence-corrected chi connectivity index (χ2v) is 4.01. The molecule has 17 heavy (non-hydrogen) atoms. The number of nitrogens with one attached hydrogen (secondary N) is 2. The molecule has 2 amide bonds. The fourth-order valence-corrected chi connectivity index (χ4v) is 1.75. The van der Waals surface area contributed by atoms with Crippen molar-refractivity contribution in [1.82, 2.24) is 20.8 Å². The number of aromatic nitrogens is 2. The fourth-order valence-electron chi connectivity index (χ4n) is 1.75. The van der Waals surface area contributed by atoms with E-state index in [0.717, 1.165) is 25.0 Å². The monoisotopic (exact) mass is 232 g/mol. The van der Waals surface area contributed by atoms with Crippen molar-refractivity contribution in [2.24, 2.45) is 0 Å². The summed E-state index contributed by atoms with van der Waals surface area (Å²) < 4.78 is 0. The third kappa shape index (κ3) is 3.86. The van der Waals surface area contributed by atoms with Gasteiger partial charge in [-0.25, -0.2) is 4.79 Å². The van der Waals surface area contributed by atoms with E-state index in [2.05, 4.69) is 26.9 Å².